The summed E-state index contributed by atoms with van der Waals surface area (Å²) < 4.78 is 5.81. The molecule has 3 nitrogen and oxygen atoms in total. The van der Waals surface area contributed by atoms with Crippen molar-refractivity contribution in [2.45, 2.75) is 53.1 Å². The summed E-state index contributed by atoms with van der Waals surface area (Å²) >= 11 is 0. The van der Waals surface area contributed by atoms with Crippen molar-refractivity contribution in [3.8, 4) is 5.75 Å². The van der Waals surface area contributed by atoms with E-state index in [9.17, 15) is 4.79 Å². The van der Waals surface area contributed by atoms with Crippen molar-refractivity contribution in [2.24, 2.45) is 11.8 Å². The van der Waals surface area contributed by atoms with Crippen LogP contribution in [0, 0.1) is 11.8 Å². The Morgan fingerprint density at radius 2 is 1.68 bits per heavy atom. The van der Waals surface area contributed by atoms with E-state index in [1.807, 2.05) is 49.9 Å². The molecule has 1 aromatic rings. The number of likely N-dealkylation sites (tertiary alicyclic amines) is 1. The molecule has 3 heteroatoms. The van der Waals surface area contributed by atoms with Crippen LogP contribution in [-0.4, -0.2) is 29.5 Å². The molecule has 2 unspecified atom stereocenters. The fourth-order valence-corrected chi connectivity index (χ4v) is 3.18. The molecule has 1 aliphatic heterocycles. The van der Waals surface area contributed by atoms with Crippen molar-refractivity contribution in [2.75, 3.05) is 13.1 Å². The molecule has 0 aliphatic carbocycles. The van der Waals surface area contributed by atoms with Gasteiger partial charge in [-0.2, -0.15) is 0 Å². The monoisotopic (exact) mass is 303 g/mol. The minimum absolute atomic E-state index is 0.197. The normalized spacial score (nSPS) is 22.5. The predicted molar refractivity (Wildman–Crippen MR) is 90.1 cm³/mol. The van der Waals surface area contributed by atoms with Gasteiger partial charge in [0, 0.05) is 13.1 Å². The summed E-state index contributed by atoms with van der Waals surface area (Å²) in [5, 5.41) is 0. The molecule has 1 heterocycles. The highest BCUT2D eigenvalue weighted by molar-refractivity contribution is 5.79. The minimum atomic E-state index is -0.197. The first-order chi connectivity index (χ1) is 10.2. The van der Waals surface area contributed by atoms with Crippen molar-refractivity contribution in [3.63, 3.8) is 0 Å². The third-order valence-corrected chi connectivity index (χ3v) is 3.92. The van der Waals surface area contributed by atoms with Gasteiger partial charge >= 0.3 is 0 Å². The zero-order chi connectivity index (χ0) is 16.3. The molecular weight excluding hydrogens is 274 g/mol. The second kappa shape index (κ2) is 6.72. The molecule has 2 atom stereocenters. The van der Waals surface area contributed by atoms with Crippen LogP contribution in [0.15, 0.2) is 24.3 Å². The van der Waals surface area contributed by atoms with Crippen LogP contribution in [0.5, 0.6) is 5.75 Å². The number of carbonyl (C=O) groups is 1. The Balaban J connectivity index is 1.94. The number of rotatable bonds is 3. The molecule has 22 heavy (non-hydrogen) atoms. The fourth-order valence-electron chi connectivity index (χ4n) is 3.18. The Morgan fingerprint density at radius 1 is 1.14 bits per heavy atom. The lowest BCUT2D eigenvalue weighted by atomic mass is 9.91. The van der Waals surface area contributed by atoms with E-state index in [4.69, 9.17) is 4.74 Å². The Hall–Kier alpha value is -1.51. The van der Waals surface area contributed by atoms with E-state index in [-0.39, 0.29) is 11.5 Å². The van der Waals surface area contributed by atoms with E-state index in [0.29, 0.717) is 18.3 Å². The first-order valence-electron chi connectivity index (χ1n) is 8.28. The van der Waals surface area contributed by atoms with E-state index in [1.54, 1.807) is 0 Å². The second-order valence-electron chi connectivity index (χ2n) is 7.78. The van der Waals surface area contributed by atoms with Gasteiger partial charge < -0.3 is 9.64 Å². The predicted octanol–water partition coefficient (Wildman–Crippen LogP) is 3.91. The summed E-state index contributed by atoms with van der Waals surface area (Å²) in [4.78, 5) is 14.5. The zero-order valence-corrected chi connectivity index (χ0v) is 14.6. The van der Waals surface area contributed by atoms with Gasteiger partial charge in [-0.3, -0.25) is 4.79 Å². The number of benzene rings is 1. The molecule has 0 saturated carbocycles. The maximum Gasteiger partial charge on any atom is 0.227 e. The average molecular weight is 303 g/mol. The highest BCUT2D eigenvalue weighted by atomic mass is 16.5. The van der Waals surface area contributed by atoms with Crippen LogP contribution in [0.25, 0.3) is 0 Å². The summed E-state index contributed by atoms with van der Waals surface area (Å²) in [6.07, 6.45) is 1.71. The van der Waals surface area contributed by atoms with Gasteiger partial charge in [0.25, 0.3) is 0 Å². The highest BCUT2D eigenvalue weighted by Crippen LogP contribution is 2.22. The summed E-state index contributed by atoms with van der Waals surface area (Å²) in [5.74, 6) is 2.30. The fraction of sp³-hybridized carbons (Fsp3) is 0.632. The molecule has 0 bridgehead atoms. The van der Waals surface area contributed by atoms with E-state index >= 15 is 0 Å². The Labute approximate surface area is 134 Å². The van der Waals surface area contributed by atoms with Crippen molar-refractivity contribution in [1.82, 2.24) is 4.90 Å². The number of hydrogen-bond donors (Lipinski definition) is 0. The maximum absolute atomic E-state index is 12.5. The largest absolute Gasteiger partial charge is 0.488 e. The lowest BCUT2D eigenvalue weighted by Crippen LogP contribution is -2.43. The number of ether oxygens (including phenoxy) is 1. The second-order valence-corrected chi connectivity index (χ2v) is 7.78. The van der Waals surface area contributed by atoms with Gasteiger partial charge in [0.15, 0.2) is 0 Å². The van der Waals surface area contributed by atoms with E-state index < -0.39 is 0 Å². The topological polar surface area (TPSA) is 29.5 Å². The molecule has 0 N–H and O–H groups in total. The summed E-state index contributed by atoms with van der Waals surface area (Å²) in [6.45, 7) is 12.3. The van der Waals surface area contributed by atoms with Crippen LogP contribution in [0.3, 0.4) is 0 Å². The lowest BCUT2D eigenvalue weighted by molar-refractivity contribution is -0.133. The smallest absolute Gasteiger partial charge is 0.227 e. The lowest BCUT2D eigenvalue weighted by Gasteiger charge is -2.35. The van der Waals surface area contributed by atoms with Gasteiger partial charge in [-0.1, -0.05) is 26.0 Å². The van der Waals surface area contributed by atoms with Crippen LogP contribution in [0.4, 0.5) is 0 Å². The summed E-state index contributed by atoms with van der Waals surface area (Å²) in [5.41, 5.74) is 0.856. The highest BCUT2D eigenvalue weighted by Gasteiger charge is 2.25. The molecule has 1 aromatic carbocycles. The molecule has 1 saturated heterocycles. The van der Waals surface area contributed by atoms with Crippen molar-refractivity contribution in [3.05, 3.63) is 29.8 Å². The van der Waals surface area contributed by atoms with Gasteiger partial charge in [0.05, 0.1) is 6.42 Å². The van der Waals surface area contributed by atoms with Crippen molar-refractivity contribution < 1.29 is 9.53 Å². The quantitative estimate of drug-likeness (QED) is 0.847. The first-order valence-corrected chi connectivity index (χ1v) is 8.28. The average Bonchev–Trinajstić information content (AvgIpc) is 2.38. The molecule has 2 rings (SSSR count). The Bertz CT molecular complexity index is 491. The number of hydrogen-bond acceptors (Lipinski definition) is 2. The molecule has 0 aromatic heterocycles. The standard InChI is InChI=1S/C19H29NO2/c1-14-10-15(2)13-20(12-14)18(21)11-16-6-8-17(9-7-16)22-19(3,4)5/h6-9,14-15H,10-13H2,1-5H3. The minimum Gasteiger partial charge on any atom is -0.488 e. The van der Waals surface area contributed by atoms with Gasteiger partial charge in [-0.25, -0.2) is 0 Å². The molecule has 1 aliphatic rings. The third kappa shape index (κ3) is 5.04. The van der Waals surface area contributed by atoms with E-state index in [1.165, 1.54) is 6.42 Å². The van der Waals surface area contributed by atoms with Gasteiger partial charge in [0.2, 0.25) is 5.91 Å². The first kappa shape index (κ1) is 16.9. The molecular formula is C19H29NO2. The number of piperidine rings is 1. The third-order valence-electron chi connectivity index (χ3n) is 3.92. The maximum atomic E-state index is 12.5. The molecule has 0 radical (unpaired) electrons. The van der Waals surface area contributed by atoms with Crippen molar-refractivity contribution >= 4 is 5.91 Å². The number of amides is 1. The SMILES string of the molecule is CC1CC(C)CN(C(=O)Cc2ccc(OC(C)(C)C)cc2)C1. The summed E-state index contributed by atoms with van der Waals surface area (Å²) in [6, 6.07) is 7.90. The number of carbonyl (C=O) groups excluding carboxylic acids is 1. The zero-order valence-electron chi connectivity index (χ0n) is 14.6. The van der Waals surface area contributed by atoms with Gasteiger partial charge in [0.1, 0.15) is 11.4 Å². The Kier molecular flexibility index (Phi) is 5.15. The number of nitrogens with zero attached hydrogens (tertiary/aromatic N) is 1. The molecule has 0 spiro atoms. The van der Waals surface area contributed by atoms with Crippen LogP contribution >= 0.6 is 0 Å². The van der Waals surface area contributed by atoms with Gasteiger partial charge in [-0.05, 0) is 56.7 Å². The van der Waals surface area contributed by atoms with Crippen LogP contribution in [-0.2, 0) is 11.2 Å². The molecule has 1 fully saturated rings. The van der Waals surface area contributed by atoms with Crippen molar-refractivity contribution in [1.29, 1.82) is 0 Å². The molecule has 122 valence electrons. The van der Waals surface area contributed by atoms with Gasteiger partial charge in [-0.15, -0.1) is 0 Å². The summed E-state index contributed by atoms with van der Waals surface area (Å²) in [7, 11) is 0. The van der Waals surface area contributed by atoms with E-state index in [2.05, 4.69) is 13.8 Å². The van der Waals surface area contributed by atoms with E-state index in [0.717, 1.165) is 24.4 Å². The van der Waals surface area contributed by atoms with Crippen LogP contribution in [0.1, 0.15) is 46.6 Å². The molecule has 1 amide bonds. The van der Waals surface area contributed by atoms with Crippen LogP contribution < -0.4 is 4.74 Å². The van der Waals surface area contributed by atoms with Crippen LogP contribution in [0.2, 0.25) is 0 Å². The Morgan fingerprint density at radius 3 is 2.18 bits per heavy atom.